The van der Waals surface area contributed by atoms with Gasteiger partial charge in [-0.25, -0.2) is 9.18 Å². The van der Waals surface area contributed by atoms with Gasteiger partial charge >= 0.3 is 5.97 Å². The summed E-state index contributed by atoms with van der Waals surface area (Å²) in [5.41, 5.74) is -0.120. The number of halogens is 2. The predicted molar refractivity (Wildman–Crippen MR) is 135 cm³/mol. The number of carbonyl (C=O) groups is 2. The summed E-state index contributed by atoms with van der Waals surface area (Å²) in [6.07, 6.45) is -1.57. The fraction of sp³-hybridized carbons (Fsp3) is 0.222. The van der Waals surface area contributed by atoms with E-state index in [1.165, 1.54) is 4.90 Å². The number of hydrogen-bond acceptors (Lipinski definition) is 4. The van der Waals surface area contributed by atoms with Crippen LogP contribution in [0.4, 0.5) is 10.1 Å². The van der Waals surface area contributed by atoms with Gasteiger partial charge in [0, 0.05) is 36.5 Å². The second kappa shape index (κ2) is 11.6. The average Bonchev–Trinajstić information content (AvgIpc) is 2.88. The standard InChI is InChI=1S/C27H26ClFN2O4/c1-2-31(23-6-4-3-5-7-23)25(32)16-17-27(29,26(33)34)18-24(30-35)21-10-8-19(9-11-21)20-12-14-22(28)15-13-20/h3-15,35H,2,16-18H2,1H3,(H,33,34)/b30-24+. The summed E-state index contributed by atoms with van der Waals surface area (Å²) < 4.78 is 15.6. The third-order valence-electron chi connectivity index (χ3n) is 5.77. The minimum absolute atomic E-state index is 0.125. The molecule has 182 valence electrons. The molecule has 35 heavy (non-hydrogen) atoms. The van der Waals surface area contributed by atoms with Crippen LogP contribution in [0, 0.1) is 0 Å². The lowest BCUT2D eigenvalue weighted by atomic mass is 9.90. The topological polar surface area (TPSA) is 90.2 Å². The number of oxime groups is 1. The Labute approximate surface area is 208 Å². The zero-order chi connectivity index (χ0) is 25.4. The smallest absolute Gasteiger partial charge is 0.341 e. The van der Waals surface area contributed by atoms with Gasteiger partial charge in [0.25, 0.3) is 0 Å². The minimum Gasteiger partial charge on any atom is -0.479 e. The first-order valence-corrected chi connectivity index (χ1v) is 11.5. The SMILES string of the molecule is CCN(C(=O)CCC(F)(C/C(=N\O)c1ccc(-c2ccc(Cl)cc2)cc1)C(=O)O)c1ccccc1. The van der Waals surface area contributed by atoms with Crippen molar-refractivity contribution in [2.45, 2.75) is 31.9 Å². The second-order valence-electron chi connectivity index (χ2n) is 8.05. The summed E-state index contributed by atoms with van der Waals surface area (Å²) in [6.45, 7) is 2.15. The Kier molecular flexibility index (Phi) is 8.60. The van der Waals surface area contributed by atoms with Gasteiger partial charge in [-0.3, -0.25) is 4.79 Å². The number of carboxylic acids is 1. The molecule has 0 saturated carbocycles. The Morgan fingerprint density at radius 3 is 2.06 bits per heavy atom. The first kappa shape index (κ1) is 25.9. The van der Waals surface area contributed by atoms with Crippen molar-refractivity contribution in [1.29, 1.82) is 0 Å². The number of rotatable bonds is 10. The molecule has 0 aromatic heterocycles. The summed E-state index contributed by atoms with van der Waals surface area (Å²) in [6, 6.07) is 22.9. The molecule has 1 unspecified atom stereocenters. The maximum Gasteiger partial charge on any atom is 0.341 e. The Hall–Kier alpha value is -3.71. The number of alkyl halides is 1. The maximum absolute atomic E-state index is 15.6. The van der Waals surface area contributed by atoms with Crippen molar-refractivity contribution in [1.82, 2.24) is 0 Å². The molecule has 3 rings (SSSR count). The van der Waals surface area contributed by atoms with E-state index in [0.29, 0.717) is 22.8 Å². The molecule has 0 bridgehead atoms. The van der Waals surface area contributed by atoms with Crippen LogP contribution < -0.4 is 4.90 Å². The quantitative estimate of drug-likeness (QED) is 0.198. The summed E-state index contributed by atoms with van der Waals surface area (Å²) in [5, 5.41) is 22.9. The van der Waals surface area contributed by atoms with Gasteiger partial charge in [0.2, 0.25) is 11.6 Å². The number of carboxylic acid groups (broad SMARTS) is 1. The Bertz CT molecular complexity index is 1180. The molecular formula is C27H26ClFN2O4. The van der Waals surface area contributed by atoms with E-state index in [2.05, 4.69) is 5.16 Å². The van der Waals surface area contributed by atoms with Crippen LogP contribution in [0.25, 0.3) is 11.1 Å². The van der Waals surface area contributed by atoms with Crippen LogP contribution in [-0.2, 0) is 9.59 Å². The number of aliphatic carboxylic acids is 1. The Morgan fingerprint density at radius 2 is 1.54 bits per heavy atom. The average molecular weight is 497 g/mol. The number of nitrogens with zero attached hydrogens (tertiary/aromatic N) is 2. The van der Waals surface area contributed by atoms with Crippen molar-refractivity contribution in [2.75, 3.05) is 11.4 Å². The molecule has 0 aliphatic heterocycles. The van der Waals surface area contributed by atoms with Gasteiger partial charge in [-0.2, -0.15) is 0 Å². The molecule has 0 aliphatic rings. The molecule has 8 heteroatoms. The van der Waals surface area contributed by atoms with Gasteiger partial charge in [0.05, 0.1) is 5.71 Å². The van der Waals surface area contributed by atoms with Crippen LogP contribution in [0.3, 0.4) is 0 Å². The lowest BCUT2D eigenvalue weighted by Gasteiger charge is -2.24. The highest BCUT2D eigenvalue weighted by atomic mass is 35.5. The van der Waals surface area contributed by atoms with E-state index in [0.717, 1.165) is 11.1 Å². The molecule has 6 nitrogen and oxygen atoms in total. The van der Waals surface area contributed by atoms with Crippen molar-refractivity contribution >= 4 is 34.9 Å². The van der Waals surface area contributed by atoms with E-state index >= 15 is 4.39 Å². The summed E-state index contributed by atoms with van der Waals surface area (Å²) in [7, 11) is 0. The molecule has 1 amide bonds. The highest BCUT2D eigenvalue weighted by Gasteiger charge is 2.41. The van der Waals surface area contributed by atoms with Gasteiger partial charge < -0.3 is 15.2 Å². The van der Waals surface area contributed by atoms with Gasteiger partial charge in [0.15, 0.2) is 0 Å². The van der Waals surface area contributed by atoms with Gasteiger partial charge in [-0.1, -0.05) is 71.4 Å². The zero-order valence-electron chi connectivity index (χ0n) is 19.2. The first-order valence-electron chi connectivity index (χ1n) is 11.1. The largest absolute Gasteiger partial charge is 0.479 e. The third kappa shape index (κ3) is 6.45. The fourth-order valence-corrected chi connectivity index (χ4v) is 3.91. The van der Waals surface area contributed by atoms with Crippen LogP contribution in [0.5, 0.6) is 0 Å². The van der Waals surface area contributed by atoms with Crippen LogP contribution >= 0.6 is 11.6 Å². The molecule has 1 atom stereocenters. The summed E-state index contributed by atoms with van der Waals surface area (Å²) in [4.78, 5) is 26.1. The van der Waals surface area contributed by atoms with E-state index in [1.54, 1.807) is 67.6 Å². The van der Waals surface area contributed by atoms with Crippen LogP contribution in [0.15, 0.2) is 84.0 Å². The molecule has 0 heterocycles. The van der Waals surface area contributed by atoms with E-state index in [9.17, 15) is 19.9 Å². The number of anilines is 1. The normalized spacial score (nSPS) is 13.2. The maximum atomic E-state index is 15.6. The lowest BCUT2D eigenvalue weighted by molar-refractivity contribution is -0.151. The van der Waals surface area contributed by atoms with Crippen molar-refractivity contribution in [3.63, 3.8) is 0 Å². The van der Waals surface area contributed by atoms with Gasteiger partial charge in [-0.15, -0.1) is 0 Å². The predicted octanol–water partition coefficient (Wildman–Crippen LogP) is 6.20. The van der Waals surface area contributed by atoms with Gasteiger partial charge in [-0.05, 0) is 47.9 Å². The number of carbonyl (C=O) groups excluding carboxylic acids is 1. The van der Waals surface area contributed by atoms with Crippen LogP contribution in [0.1, 0.15) is 31.7 Å². The highest BCUT2D eigenvalue weighted by molar-refractivity contribution is 6.30. The minimum atomic E-state index is -2.79. The monoisotopic (exact) mass is 496 g/mol. The molecule has 3 aromatic rings. The van der Waals surface area contributed by atoms with Crippen molar-refractivity contribution in [2.24, 2.45) is 5.16 Å². The third-order valence-corrected chi connectivity index (χ3v) is 6.02. The molecular weight excluding hydrogens is 471 g/mol. The number of para-hydroxylation sites is 1. The number of hydrogen-bond donors (Lipinski definition) is 2. The summed E-state index contributed by atoms with van der Waals surface area (Å²) in [5.74, 6) is -2.11. The zero-order valence-corrected chi connectivity index (χ0v) is 20.0. The van der Waals surface area contributed by atoms with Crippen molar-refractivity contribution in [3.8, 4) is 11.1 Å². The lowest BCUT2D eigenvalue weighted by Crippen LogP contribution is -2.39. The fourth-order valence-electron chi connectivity index (χ4n) is 3.78. The van der Waals surface area contributed by atoms with Crippen molar-refractivity contribution in [3.05, 3.63) is 89.4 Å². The Morgan fingerprint density at radius 1 is 0.971 bits per heavy atom. The summed E-state index contributed by atoms with van der Waals surface area (Å²) >= 11 is 5.92. The first-order chi connectivity index (χ1) is 16.8. The Balaban J connectivity index is 1.73. The number of amides is 1. The van der Waals surface area contributed by atoms with Crippen molar-refractivity contribution < 1.29 is 24.3 Å². The molecule has 2 N–H and O–H groups in total. The van der Waals surface area contributed by atoms with E-state index < -0.39 is 30.4 Å². The van der Waals surface area contributed by atoms with E-state index in [4.69, 9.17) is 11.6 Å². The molecule has 0 saturated heterocycles. The van der Waals surface area contributed by atoms with E-state index in [-0.39, 0.29) is 12.1 Å². The highest BCUT2D eigenvalue weighted by Crippen LogP contribution is 2.28. The molecule has 3 aromatic carbocycles. The second-order valence-corrected chi connectivity index (χ2v) is 8.49. The molecule has 0 fully saturated rings. The molecule has 0 radical (unpaired) electrons. The molecule has 0 spiro atoms. The van der Waals surface area contributed by atoms with E-state index in [1.807, 2.05) is 18.2 Å². The van der Waals surface area contributed by atoms with Crippen LogP contribution in [-0.4, -0.2) is 40.1 Å². The number of benzene rings is 3. The van der Waals surface area contributed by atoms with Gasteiger partial charge in [0.1, 0.15) is 0 Å². The molecule has 0 aliphatic carbocycles. The van der Waals surface area contributed by atoms with Crippen LogP contribution in [0.2, 0.25) is 5.02 Å².